The molecule has 3 aromatic carbocycles. The van der Waals surface area contributed by atoms with Crippen LogP contribution >= 0.6 is 0 Å². The highest BCUT2D eigenvalue weighted by Crippen LogP contribution is 2.20. The van der Waals surface area contributed by atoms with E-state index in [1.807, 2.05) is 54.6 Å². The average molecular weight is 431 g/mol. The molecule has 0 amide bonds. The minimum absolute atomic E-state index is 0.0419. The molecule has 0 saturated heterocycles. The Morgan fingerprint density at radius 3 is 2.47 bits per heavy atom. The molecule has 2 atom stereocenters. The van der Waals surface area contributed by atoms with E-state index < -0.39 is 6.10 Å². The first kappa shape index (κ1) is 22.1. The fourth-order valence-corrected chi connectivity index (χ4v) is 4.10. The molecular weight excluding hydrogens is 400 g/mol. The summed E-state index contributed by atoms with van der Waals surface area (Å²) in [5.41, 5.74) is 4.34. The summed E-state index contributed by atoms with van der Waals surface area (Å²) in [6, 6.07) is 28.3. The number of hydrogen-bond acceptors (Lipinski definition) is 5. The molecule has 4 rings (SSSR count). The van der Waals surface area contributed by atoms with Crippen molar-refractivity contribution >= 4 is 5.71 Å². The van der Waals surface area contributed by atoms with E-state index in [1.165, 1.54) is 0 Å². The van der Waals surface area contributed by atoms with Gasteiger partial charge in [-0.3, -0.25) is 4.90 Å². The summed E-state index contributed by atoms with van der Waals surface area (Å²) < 4.78 is 5.38. The molecular formula is C27H30N2O3. The Labute approximate surface area is 189 Å². The third-order valence-corrected chi connectivity index (χ3v) is 5.63. The summed E-state index contributed by atoms with van der Waals surface area (Å²) in [7, 11) is 1.68. The highest BCUT2D eigenvalue weighted by atomic mass is 16.6. The molecule has 0 bridgehead atoms. The van der Waals surface area contributed by atoms with Crippen LogP contribution in [0.25, 0.3) is 0 Å². The third kappa shape index (κ3) is 6.19. The summed E-state index contributed by atoms with van der Waals surface area (Å²) in [4.78, 5) is 8.02. The van der Waals surface area contributed by atoms with Gasteiger partial charge in [0.25, 0.3) is 0 Å². The Morgan fingerprint density at radius 1 is 1.00 bits per heavy atom. The van der Waals surface area contributed by atoms with Crippen LogP contribution in [0.15, 0.2) is 90.1 Å². The number of nitrogens with zero attached hydrogens (tertiary/aromatic N) is 2. The Kier molecular flexibility index (Phi) is 7.54. The Hall–Kier alpha value is -3.15. The number of hydrogen-bond donors (Lipinski definition) is 1. The van der Waals surface area contributed by atoms with Crippen LogP contribution in [0.1, 0.15) is 23.1 Å². The number of methoxy groups -OCH3 is 1. The van der Waals surface area contributed by atoms with Gasteiger partial charge in [0, 0.05) is 26.1 Å². The zero-order chi connectivity index (χ0) is 22.2. The van der Waals surface area contributed by atoms with Crippen molar-refractivity contribution < 1.29 is 14.7 Å². The van der Waals surface area contributed by atoms with Crippen LogP contribution in [0.4, 0.5) is 0 Å². The van der Waals surface area contributed by atoms with Gasteiger partial charge in [-0.05, 0) is 35.2 Å². The lowest BCUT2D eigenvalue weighted by Crippen LogP contribution is -2.38. The second kappa shape index (κ2) is 10.9. The standard InChI is InChI=1S/C27H30N2O3/c1-31-25-14-8-11-22(16-25)18-29(19-24(30)15-21-9-4-2-5-10-21)20-26-17-27(28-32-26)23-12-6-3-7-13-23/h2-14,16,24,26,30H,15,17-20H2,1H3/t24-,26+/m1/s1. The topological polar surface area (TPSA) is 54.3 Å². The minimum Gasteiger partial charge on any atom is -0.497 e. The lowest BCUT2D eigenvalue weighted by Gasteiger charge is -2.27. The molecule has 5 nitrogen and oxygen atoms in total. The van der Waals surface area contributed by atoms with E-state index >= 15 is 0 Å². The summed E-state index contributed by atoms with van der Waals surface area (Å²) >= 11 is 0. The normalized spacial score (nSPS) is 16.5. The number of aliphatic hydroxyl groups is 1. The lowest BCUT2D eigenvalue weighted by molar-refractivity contribution is 0.0322. The van der Waals surface area contributed by atoms with Gasteiger partial charge in [0.15, 0.2) is 0 Å². The second-order valence-electron chi connectivity index (χ2n) is 8.22. The van der Waals surface area contributed by atoms with Crippen molar-refractivity contribution in [3.05, 3.63) is 102 Å². The number of rotatable bonds is 10. The van der Waals surface area contributed by atoms with Crippen LogP contribution in [0.2, 0.25) is 0 Å². The Bertz CT molecular complexity index is 1010. The van der Waals surface area contributed by atoms with Crippen LogP contribution in [-0.4, -0.2) is 48.1 Å². The summed E-state index contributed by atoms with van der Waals surface area (Å²) in [5.74, 6) is 0.832. The maximum absolute atomic E-state index is 10.8. The molecule has 1 aliphatic rings. The lowest BCUT2D eigenvalue weighted by atomic mass is 10.0. The number of benzene rings is 3. The number of aliphatic hydroxyl groups excluding tert-OH is 1. The fraction of sp³-hybridized carbons (Fsp3) is 0.296. The van der Waals surface area contributed by atoms with E-state index in [2.05, 4.69) is 40.4 Å². The van der Waals surface area contributed by atoms with Gasteiger partial charge in [-0.15, -0.1) is 0 Å². The van der Waals surface area contributed by atoms with Crippen molar-refractivity contribution in [3.63, 3.8) is 0 Å². The molecule has 0 unspecified atom stereocenters. The van der Waals surface area contributed by atoms with E-state index in [0.29, 0.717) is 26.1 Å². The van der Waals surface area contributed by atoms with Crippen LogP contribution in [0.3, 0.4) is 0 Å². The Balaban J connectivity index is 1.42. The molecule has 1 N–H and O–H groups in total. The summed E-state index contributed by atoms with van der Waals surface area (Å²) in [6.07, 6.45) is 0.860. The van der Waals surface area contributed by atoms with Gasteiger partial charge in [-0.1, -0.05) is 78.0 Å². The Morgan fingerprint density at radius 2 is 1.72 bits per heavy atom. The molecule has 0 aliphatic carbocycles. The van der Waals surface area contributed by atoms with Gasteiger partial charge in [-0.2, -0.15) is 0 Å². The maximum Gasteiger partial charge on any atom is 0.145 e. The number of ether oxygens (including phenoxy) is 1. The van der Waals surface area contributed by atoms with Crippen molar-refractivity contribution in [1.82, 2.24) is 4.90 Å². The minimum atomic E-state index is -0.473. The molecule has 5 heteroatoms. The molecule has 0 saturated carbocycles. The van der Waals surface area contributed by atoms with Crippen molar-refractivity contribution in [2.24, 2.45) is 5.16 Å². The zero-order valence-electron chi connectivity index (χ0n) is 18.4. The molecule has 3 aromatic rings. The quantitative estimate of drug-likeness (QED) is 0.521. The van der Waals surface area contributed by atoms with Crippen molar-refractivity contribution in [1.29, 1.82) is 0 Å². The highest BCUT2D eigenvalue weighted by Gasteiger charge is 2.25. The molecule has 0 fully saturated rings. The molecule has 32 heavy (non-hydrogen) atoms. The average Bonchev–Trinajstić information content (AvgIpc) is 3.29. The van der Waals surface area contributed by atoms with E-state index in [-0.39, 0.29) is 6.10 Å². The molecule has 0 radical (unpaired) electrons. The van der Waals surface area contributed by atoms with Gasteiger partial charge in [-0.25, -0.2) is 0 Å². The molecule has 1 heterocycles. The van der Waals surface area contributed by atoms with Crippen LogP contribution in [-0.2, 0) is 17.8 Å². The van der Waals surface area contributed by atoms with Gasteiger partial charge in [0.1, 0.15) is 11.9 Å². The van der Waals surface area contributed by atoms with Crippen molar-refractivity contribution in [2.45, 2.75) is 31.6 Å². The predicted molar refractivity (Wildman–Crippen MR) is 127 cm³/mol. The molecule has 0 aromatic heterocycles. The highest BCUT2D eigenvalue weighted by molar-refractivity contribution is 6.01. The van der Waals surface area contributed by atoms with E-state index in [9.17, 15) is 5.11 Å². The van der Waals surface area contributed by atoms with Crippen LogP contribution in [0.5, 0.6) is 5.75 Å². The summed E-state index contributed by atoms with van der Waals surface area (Å²) in [6.45, 7) is 1.93. The van der Waals surface area contributed by atoms with Gasteiger partial charge < -0.3 is 14.7 Å². The van der Waals surface area contributed by atoms with E-state index in [4.69, 9.17) is 9.57 Å². The monoisotopic (exact) mass is 430 g/mol. The van der Waals surface area contributed by atoms with Crippen molar-refractivity contribution in [3.8, 4) is 5.75 Å². The number of oxime groups is 1. The van der Waals surface area contributed by atoms with Crippen molar-refractivity contribution in [2.75, 3.05) is 20.2 Å². The third-order valence-electron chi connectivity index (χ3n) is 5.63. The molecule has 1 aliphatic heterocycles. The first-order chi connectivity index (χ1) is 15.7. The predicted octanol–water partition coefficient (Wildman–Crippen LogP) is 4.29. The zero-order valence-corrected chi connectivity index (χ0v) is 18.4. The first-order valence-electron chi connectivity index (χ1n) is 11.0. The second-order valence-corrected chi connectivity index (χ2v) is 8.22. The van der Waals surface area contributed by atoms with E-state index in [0.717, 1.165) is 34.6 Å². The van der Waals surface area contributed by atoms with Gasteiger partial charge >= 0.3 is 0 Å². The maximum atomic E-state index is 10.8. The fourth-order valence-electron chi connectivity index (χ4n) is 4.10. The van der Waals surface area contributed by atoms with Gasteiger partial charge in [0.2, 0.25) is 0 Å². The van der Waals surface area contributed by atoms with Crippen LogP contribution in [0, 0.1) is 0 Å². The SMILES string of the molecule is COc1cccc(CN(C[C@H](O)Cc2ccccc2)C[C@@H]2CC(c3ccccc3)=NO2)c1. The van der Waals surface area contributed by atoms with Gasteiger partial charge in [0.05, 0.1) is 18.9 Å². The summed E-state index contributed by atoms with van der Waals surface area (Å²) in [5, 5.41) is 15.1. The van der Waals surface area contributed by atoms with E-state index in [1.54, 1.807) is 7.11 Å². The first-order valence-corrected chi connectivity index (χ1v) is 11.0. The smallest absolute Gasteiger partial charge is 0.145 e. The molecule has 0 spiro atoms. The largest absolute Gasteiger partial charge is 0.497 e. The molecule has 166 valence electrons. The van der Waals surface area contributed by atoms with Crippen LogP contribution < -0.4 is 4.74 Å².